The Kier molecular flexibility index (Phi) is 44.7. The molecule has 0 aromatic carbocycles. The number of carbonyl (C=O) groups excluding carboxylic acids is 3. The molecule has 0 aliphatic rings. The highest BCUT2D eigenvalue weighted by Gasteiger charge is 2.17. The quantitative estimate of drug-likeness (QED) is 0.0342. The van der Waals surface area contributed by atoms with Gasteiger partial charge in [0.15, 0.2) is 0 Å². The predicted molar refractivity (Wildman–Crippen MR) is 265 cm³/mol. The van der Waals surface area contributed by atoms with Gasteiger partial charge in [-0.25, -0.2) is 0 Å². The van der Waals surface area contributed by atoms with Gasteiger partial charge in [-0.3, -0.25) is 14.4 Å². The summed E-state index contributed by atoms with van der Waals surface area (Å²) in [4.78, 5) is 40.2. The molecular weight excluding hydrogens is 771 g/mol. The van der Waals surface area contributed by atoms with E-state index in [4.69, 9.17) is 14.2 Å². The summed E-state index contributed by atoms with van der Waals surface area (Å²) in [5, 5.41) is 0. The van der Waals surface area contributed by atoms with Crippen LogP contribution in [0.3, 0.4) is 0 Å². The second kappa shape index (κ2) is 45.9. The summed E-state index contributed by atoms with van der Waals surface area (Å²) in [5.74, 6) is 0.992. The maximum Gasteiger partial charge on any atom is 0.306 e. The van der Waals surface area contributed by atoms with Crippen LogP contribution in [0.25, 0.3) is 0 Å². The number of rotatable bonds is 48. The molecular formula is C55H107NO6. The van der Waals surface area contributed by atoms with Gasteiger partial charge in [0.1, 0.15) is 6.10 Å². The van der Waals surface area contributed by atoms with Gasteiger partial charge in [-0.05, 0) is 110 Å². The van der Waals surface area contributed by atoms with E-state index in [1.54, 1.807) is 0 Å². The van der Waals surface area contributed by atoms with E-state index >= 15 is 0 Å². The molecule has 0 unspecified atom stereocenters. The standard InChI is InChI=1S/C55H107NO6/c1-8-12-28-37-50(38-29-13-9-2)47-54(58)60-45-34-26-22-18-16-20-24-32-41-52(62-53(57)43-36-44-56(7)49(5)6)42-33-25-21-17-19-23-27-35-46-61-55(59)48-51(39-30-14-10-3)40-31-15-11-4/h49-52H,8-48H2,1-7H3. The smallest absolute Gasteiger partial charge is 0.306 e. The molecule has 0 amide bonds. The summed E-state index contributed by atoms with van der Waals surface area (Å²) in [5.41, 5.74) is 0. The van der Waals surface area contributed by atoms with Crippen LogP contribution in [0.4, 0.5) is 0 Å². The predicted octanol–water partition coefficient (Wildman–Crippen LogP) is 16.5. The molecule has 0 aromatic rings. The molecule has 62 heavy (non-hydrogen) atoms. The highest BCUT2D eigenvalue weighted by atomic mass is 16.5. The van der Waals surface area contributed by atoms with Crippen LogP contribution in [-0.4, -0.2) is 61.8 Å². The number of hydrogen-bond donors (Lipinski definition) is 0. The first-order valence-electron chi connectivity index (χ1n) is 27.4. The van der Waals surface area contributed by atoms with Gasteiger partial charge in [-0.15, -0.1) is 0 Å². The first kappa shape index (κ1) is 60.4. The van der Waals surface area contributed by atoms with Crippen molar-refractivity contribution in [1.82, 2.24) is 4.90 Å². The van der Waals surface area contributed by atoms with Crippen molar-refractivity contribution in [2.45, 2.75) is 298 Å². The van der Waals surface area contributed by atoms with Gasteiger partial charge in [-0.2, -0.15) is 0 Å². The first-order valence-corrected chi connectivity index (χ1v) is 27.4. The monoisotopic (exact) mass is 878 g/mol. The highest BCUT2D eigenvalue weighted by molar-refractivity contribution is 5.70. The van der Waals surface area contributed by atoms with Crippen LogP contribution >= 0.6 is 0 Å². The van der Waals surface area contributed by atoms with Gasteiger partial charge in [0, 0.05) is 25.3 Å². The number of carbonyl (C=O) groups is 3. The molecule has 7 nitrogen and oxygen atoms in total. The number of hydrogen-bond acceptors (Lipinski definition) is 7. The Balaban J connectivity index is 4.31. The van der Waals surface area contributed by atoms with E-state index in [1.165, 1.54) is 167 Å². The molecule has 0 spiro atoms. The molecule has 0 heterocycles. The summed E-state index contributed by atoms with van der Waals surface area (Å²) >= 11 is 0. The van der Waals surface area contributed by atoms with Gasteiger partial charge in [0.2, 0.25) is 0 Å². The van der Waals surface area contributed by atoms with E-state index < -0.39 is 0 Å². The van der Waals surface area contributed by atoms with Crippen molar-refractivity contribution in [3.8, 4) is 0 Å². The van der Waals surface area contributed by atoms with Crippen LogP contribution in [0.15, 0.2) is 0 Å². The van der Waals surface area contributed by atoms with Crippen molar-refractivity contribution in [2.24, 2.45) is 11.8 Å². The van der Waals surface area contributed by atoms with Crippen LogP contribution in [0, 0.1) is 11.8 Å². The van der Waals surface area contributed by atoms with Crippen molar-refractivity contribution < 1.29 is 28.6 Å². The summed E-state index contributed by atoms with van der Waals surface area (Å²) in [6.07, 6.45) is 42.8. The van der Waals surface area contributed by atoms with Gasteiger partial charge < -0.3 is 19.1 Å². The Morgan fingerprint density at radius 3 is 1.06 bits per heavy atom. The minimum atomic E-state index is -0.0268. The average Bonchev–Trinajstić information content (AvgIpc) is 3.24. The Labute approximate surface area is 386 Å². The van der Waals surface area contributed by atoms with Gasteiger partial charge in [0.25, 0.3) is 0 Å². The molecule has 0 saturated carbocycles. The van der Waals surface area contributed by atoms with Crippen LogP contribution in [-0.2, 0) is 28.6 Å². The molecule has 0 aliphatic carbocycles. The Morgan fingerprint density at radius 1 is 0.403 bits per heavy atom. The zero-order valence-electron chi connectivity index (χ0n) is 42.7. The van der Waals surface area contributed by atoms with Crippen molar-refractivity contribution in [2.75, 3.05) is 26.8 Å². The fourth-order valence-corrected chi connectivity index (χ4v) is 8.70. The van der Waals surface area contributed by atoms with E-state index in [0.29, 0.717) is 50.4 Å². The second-order valence-electron chi connectivity index (χ2n) is 19.6. The Morgan fingerprint density at radius 2 is 0.726 bits per heavy atom. The molecule has 0 radical (unpaired) electrons. The molecule has 0 rings (SSSR count). The lowest BCUT2D eigenvalue weighted by Crippen LogP contribution is -2.28. The molecule has 0 fully saturated rings. The zero-order valence-corrected chi connectivity index (χ0v) is 42.7. The molecule has 0 N–H and O–H groups in total. The molecule has 0 aliphatic heterocycles. The van der Waals surface area contributed by atoms with Crippen LogP contribution in [0.1, 0.15) is 286 Å². The maximum atomic E-state index is 12.8. The molecule has 0 atom stereocenters. The summed E-state index contributed by atoms with van der Waals surface area (Å²) in [6.45, 7) is 15.4. The largest absolute Gasteiger partial charge is 0.466 e. The van der Waals surface area contributed by atoms with E-state index in [2.05, 4.69) is 53.5 Å². The molecule has 0 saturated heterocycles. The minimum absolute atomic E-state index is 0.0129. The number of esters is 3. The minimum Gasteiger partial charge on any atom is -0.466 e. The zero-order chi connectivity index (χ0) is 45.7. The lowest BCUT2D eigenvalue weighted by Gasteiger charge is -2.21. The first-order chi connectivity index (χ1) is 30.2. The second-order valence-corrected chi connectivity index (χ2v) is 19.6. The Hall–Kier alpha value is -1.63. The van der Waals surface area contributed by atoms with Gasteiger partial charge in [-0.1, -0.05) is 182 Å². The normalized spacial score (nSPS) is 11.8. The van der Waals surface area contributed by atoms with E-state index in [-0.39, 0.29) is 24.0 Å². The lowest BCUT2D eigenvalue weighted by atomic mass is 9.92. The third-order valence-electron chi connectivity index (χ3n) is 13.2. The molecule has 0 bridgehead atoms. The van der Waals surface area contributed by atoms with Crippen molar-refractivity contribution in [3.63, 3.8) is 0 Å². The lowest BCUT2D eigenvalue weighted by molar-refractivity contribution is -0.150. The number of unbranched alkanes of at least 4 members (excludes halogenated alkanes) is 22. The van der Waals surface area contributed by atoms with E-state index in [1.807, 2.05) is 0 Å². The van der Waals surface area contributed by atoms with Crippen molar-refractivity contribution in [1.29, 1.82) is 0 Å². The van der Waals surface area contributed by atoms with Crippen LogP contribution in [0.5, 0.6) is 0 Å². The van der Waals surface area contributed by atoms with Crippen LogP contribution in [0.2, 0.25) is 0 Å². The fourth-order valence-electron chi connectivity index (χ4n) is 8.70. The maximum absolute atomic E-state index is 12.8. The summed E-state index contributed by atoms with van der Waals surface area (Å²) < 4.78 is 17.4. The molecule has 0 aromatic heterocycles. The summed E-state index contributed by atoms with van der Waals surface area (Å²) in [7, 11) is 2.12. The van der Waals surface area contributed by atoms with Gasteiger partial charge >= 0.3 is 17.9 Å². The average molecular weight is 878 g/mol. The SMILES string of the molecule is CCCCCC(CCCCC)CC(=O)OCCCCCCCCCCC(CCCCCCCCCCOC(=O)CC(CCCCC)CCCCC)OC(=O)CCCN(C)C(C)C. The topological polar surface area (TPSA) is 82.1 Å². The van der Waals surface area contributed by atoms with Crippen molar-refractivity contribution in [3.05, 3.63) is 0 Å². The third-order valence-corrected chi connectivity index (χ3v) is 13.2. The van der Waals surface area contributed by atoms with Gasteiger partial charge in [0.05, 0.1) is 13.2 Å². The van der Waals surface area contributed by atoms with Crippen LogP contribution < -0.4 is 0 Å². The van der Waals surface area contributed by atoms with E-state index in [9.17, 15) is 14.4 Å². The molecule has 368 valence electrons. The fraction of sp³-hybridized carbons (Fsp3) is 0.945. The highest BCUT2D eigenvalue weighted by Crippen LogP contribution is 2.24. The Bertz CT molecular complexity index is 907. The summed E-state index contributed by atoms with van der Waals surface area (Å²) in [6, 6.07) is 0.485. The number of ether oxygens (including phenoxy) is 3. The van der Waals surface area contributed by atoms with E-state index in [0.717, 1.165) is 64.3 Å². The van der Waals surface area contributed by atoms with Crippen molar-refractivity contribution >= 4 is 17.9 Å². The third kappa shape index (κ3) is 41.1. The molecule has 7 heteroatoms. The number of nitrogens with zero attached hydrogens (tertiary/aromatic N) is 1.